The van der Waals surface area contributed by atoms with Crippen LogP contribution < -0.4 is 28.0 Å². The van der Waals surface area contributed by atoms with Crippen molar-refractivity contribution in [2.45, 2.75) is 69.1 Å². The minimum Gasteiger partial charge on any atom is -0.680 e. The van der Waals surface area contributed by atoms with Crippen LogP contribution in [0.4, 0.5) is 0 Å². The van der Waals surface area contributed by atoms with Gasteiger partial charge >= 0.3 is 17.1 Å². The largest absolute Gasteiger partial charge is 2.00 e. The van der Waals surface area contributed by atoms with Crippen LogP contribution in [-0.4, -0.2) is 52.5 Å². The molecule has 12 nitrogen and oxygen atoms in total. The van der Waals surface area contributed by atoms with Crippen molar-refractivity contribution in [3.63, 3.8) is 0 Å². The topological polar surface area (TPSA) is 232 Å². The molecule has 189 valence electrons. The number of hydrogen-bond acceptors (Lipinski definition) is 10. The first-order valence-corrected chi connectivity index (χ1v) is 12.5. The number of allylic oxidation sites excluding steroid dienone is 2. The second-order valence-electron chi connectivity index (χ2n) is 7.14. The molecule has 4 unspecified atom stereocenters. The molecule has 1 aliphatic carbocycles. The number of halogens is 2. The van der Waals surface area contributed by atoms with Crippen molar-refractivity contribution >= 4 is 12.4 Å². The predicted molar refractivity (Wildman–Crippen MR) is 98.8 cm³/mol. The number of hydrogen-bond donors (Lipinski definition) is 2. The fraction of sp³-hybridized carbons (Fsp3) is 0.667. The monoisotopic (exact) mass is 553 g/mol. The maximum absolute atomic E-state index is 8.60. The minimum absolute atomic E-state index is 0. The Morgan fingerprint density at radius 2 is 1.30 bits per heavy atom. The van der Waals surface area contributed by atoms with Gasteiger partial charge in [0, 0.05) is 0 Å². The Morgan fingerprint density at radius 3 is 1.76 bits per heavy atom. The van der Waals surface area contributed by atoms with Crippen molar-refractivity contribution < 1.29 is 74.8 Å². The van der Waals surface area contributed by atoms with Crippen LogP contribution in [-0.2, 0) is 17.1 Å². The molecule has 15 heteroatoms. The molecule has 3 aliphatic rings. The summed E-state index contributed by atoms with van der Waals surface area (Å²) < 4.78 is 65.4. The van der Waals surface area contributed by atoms with Crippen LogP contribution in [0.15, 0.2) is 34.4 Å². The van der Waals surface area contributed by atoms with Crippen LogP contribution in [0.5, 0.6) is 0 Å². The van der Waals surface area contributed by atoms with Gasteiger partial charge in [0.2, 0.25) is 0 Å². The molecule has 3 rings (SSSR count). The zero-order valence-corrected chi connectivity index (χ0v) is 20.4. The van der Waals surface area contributed by atoms with Gasteiger partial charge in [-0.2, -0.15) is 34.2 Å². The molecule has 2 N–H and O–H groups in total. The van der Waals surface area contributed by atoms with Crippen LogP contribution in [0.1, 0.15) is 44.9 Å². The van der Waals surface area contributed by atoms with Crippen molar-refractivity contribution in [3.05, 3.63) is 35.1 Å². The summed E-state index contributed by atoms with van der Waals surface area (Å²) in [7, 11) is -9.39. The molecule has 0 aromatic heterocycles. The average molecular weight is 554 g/mol. The molecule has 2 fully saturated rings. The predicted octanol–water partition coefficient (Wildman–Crippen LogP) is -4.06. The van der Waals surface area contributed by atoms with E-state index in [1.807, 2.05) is 24.6 Å². The molecule has 0 spiro atoms. The Kier molecular flexibility index (Phi) is 16.6. The van der Waals surface area contributed by atoms with E-state index in [1.165, 1.54) is 32.1 Å². The molecule has 1 saturated heterocycles. The summed E-state index contributed by atoms with van der Waals surface area (Å²) in [6.07, 6.45) is 20.5. The van der Waals surface area contributed by atoms with E-state index in [0.29, 0.717) is 18.1 Å². The number of nitrogens with zero attached hydrogens (tertiary/aromatic N) is 4. The smallest absolute Gasteiger partial charge is 0.680 e. The van der Waals surface area contributed by atoms with Crippen molar-refractivity contribution in [2.75, 3.05) is 6.54 Å². The maximum atomic E-state index is 8.60. The Bertz CT molecular complexity index is 614. The molecule has 0 aromatic carbocycles. The van der Waals surface area contributed by atoms with E-state index >= 15 is 0 Å². The molecular weight excluding hydrogens is 526 g/mol. The fourth-order valence-corrected chi connectivity index (χ4v) is 3.30. The fourth-order valence-electron chi connectivity index (χ4n) is 3.30. The van der Waals surface area contributed by atoms with Gasteiger partial charge < -0.3 is 10.6 Å². The molecule has 4 atom stereocenters. The van der Waals surface area contributed by atoms with Crippen molar-refractivity contribution in [1.29, 1.82) is 0 Å². The molecule has 0 aromatic rings. The third-order valence-corrected chi connectivity index (χ3v) is 4.61. The van der Waals surface area contributed by atoms with E-state index in [4.69, 9.17) is 47.3 Å². The van der Waals surface area contributed by atoms with Crippen molar-refractivity contribution in [3.8, 4) is 0 Å². The molecule has 0 bridgehead atoms. The van der Waals surface area contributed by atoms with Gasteiger partial charge in [-0.1, -0.05) is 62.4 Å². The summed E-state index contributed by atoms with van der Waals surface area (Å²) in [5, 5.41) is 9.03. The first kappa shape index (κ1) is 32.4. The van der Waals surface area contributed by atoms with Gasteiger partial charge in [0.05, 0.1) is 41.9 Å². The van der Waals surface area contributed by atoms with E-state index in [9.17, 15) is 0 Å². The van der Waals surface area contributed by atoms with Crippen LogP contribution in [0.3, 0.4) is 0 Å². The SMILES string of the molecule is C1=C[N-]C(C=NC2CCCCC2N=CC2CCCC[N-]2)C=C1.[Mn+2].[O-][Cl+3]([O-])([O-])O.[O-][Cl+3]([O-])([O-])O. The Balaban J connectivity index is 0.000000790. The van der Waals surface area contributed by atoms with E-state index in [1.54, 1.807) is 0 Å². The average Bonchev–Trinajstić information content (AvgIpc) is 2.70. The second-order valence-corrected chi connectivity index (χ2v) is 8.73. The number of rotatable bonds is 4. The van der Waals surface area contributed by atoms with Crippen LogP contribution in [0.25, 0.3) is 10.6 Å². The molecular formula is C18H28Cl2MnN4O8. The maximum Gasteiger partial charge on any atom is 2.00 e. The van der Waals surface area contributed by atoms with Gasteiger partial charge in [-0.05, 0) is 25.3 Å². The summed E-state index contributed by atoms with van der Waals surface area (Å²) in [5.41, 5.74) is 0. The molecule has 0 amide bonds. The zero-order chi connectivity index (χ0) is 24.0. The van der Waals surface area contributed by atoms with E-state index in [0.717, 1.165) is 19.4 Å². The van der Waals surface area contributed by atoms with Crippen molar-refractivity contribution in [1.82, 2.24) is 0 Å². The molecule has 2 aliphatic heterocycles. The summed E-state index contributed by atoms with van der Waals surface area (Å²) >= 11 is 0. The molecule has 1 saturated carbocycles. The first-order valence-electron chi connectivity index (χ1n) is 9.95. The second kappa shape index (κ2) is 16.9. The third-order valence-electron chi connectivity index (χ3n) is 4.61. The molecule has 1 radical (unpaired) electrons. The Hall–Kier alpha value is -0.641. The third kappa shape index (κ3) is 20.4. The molecule has 2 heterocycles. The first-order chi connectivity index (χ1) is 14.9. The van der Waals surface area contributed by atoms with E-state index in [-0.39, 0.29) is 23.1 Å². The van der Waals surface area contributed by atoms with Crippen LogP contribution in [0, 0.1) is 20.5 Å². The normalized spacial score (nSPS) is 27.6. The summed E-state index contributed by atoms with van der Waals surface area (Å²) in [6.45, 7) is 1.01. The van der Waals surface area contributed by atoms with Crippen molar-refractivity contribution in [2.24, 2.45) is 9.98 Å². The summed E-state index contributed by atoms with van der Waals surface area (Å²) in [5.74, 6) is 0. The van der Waals surface area contributed by atoms with Gasteiger partial charge in [-0.25, -0.2) is 0 Å². The van der Waals surface area contributed by atoms with Gasteiger partial charge in [0.15, 0.2) is 0 Å². The van der Waals surface area contributed by atoms with Crippen LogP contribution >= 0.6 is 0 Å². The minimum atomic E-state index is -4.69. The number of piperidine rings is 1. The summed E-state index contributed by atoms with van der Waals surface area (Å²) in [4.78, 5) is 9.66. The zero-order valence-electron chi connectivity index (χ0n) is 17.7. The Labute approximate surface area is 207 Å². The van der Waals surface area contributed by atoms with Gasteiger partial charge in [0.25, 0.3) is 0 Å². The van der Waals surface area contributed by atoms with Crippen LogP contribution in [0.2, 0.25) is 0 Å². The van der Waals surface area contributed by atoms with Gasteiger partial charge in [-0.3, -0.25) is 9.98 Å². The standard InChI is InChI=1S/C18H26N4.2ClHO4.Mn/c1-2-10-18(22-14-16-8-4-6-12-20-16)17(9-1)21-13-15-7-3-5-11-19-15;2*2-1(3,4)5;/h3,5,7,11,13-18H,1-2,4,6,8-10,12H2;2*(H,2,3,4,5);/q-2;;;+2. The molecule has 33 heavy (non-hydrogen) atoms. The van der Waals surface area contributed by atoms with Gasteiger partial charge in [-0.15, -0.1) is 6.54 Å². The quantitative estimate of drug-likeness (QED) is 0.256. The van der Waals surface area contributed by atoms with E-state index in [2.05, 4.69) is 22.9 Å². The summed E-state index contributed by atoms with van der Waals surface area (Å²) in [6, 6.07) is 1.11. The Morgan fingerprint density at radius 1 is 0.788 bits per heavy atom. The number of aliphatic imine (C=N–C) groups is 2. The van der Waals surface area contributed by atoms with E-state index < -0.39 is 20.5 Å². The van der Waals surface area contributed by atoms with Gasteiger partial charge in [0.1, 0.15) is 0 Å².